The smallest absolute Gasteiger partial charge is 0.307 e. The fourth-order valence-corrected chi connectivity index (χ4v) is 1.87. The van der Waals surface area contributed by atoms with Crippen LogP contribution in [-0.4, -0.2) is 28.4 Å². The van der Waals surface area contributed by atoms with Crippen molar-refractivity contribution < 1.29 is 24.6 Å². The summed E-state index contributed by atoms with van der Waals surface area (Å²) >= 11 is 0. The van der Waals surface area contributed by atoms with Gasteiger partial charge in [0.15, 0.2) is 0 Å². The summed E-state index contributed by atoms with van der Waals surface area (Å²) in [5, 5.41) is 17.5. The van der Waals surface area contributed by atoms with E-state index in [2.05, 4.69) is 0 Å². The van der Waals surface area contributed by atoms with Crippen LogP contribution in [0.15, 0.2) is 0 Å². The first-order valence-corrected chi connectivity index (χ1v) is 4.47. The van der Waals surface area contributed by atoms with E-state index in [-0.39, 0.29) is 6.42 Å². The maximum atomic E-state index is 10.7. The van der Waals surface area contributed by atoms with Crippen molar-refractivity contribution in [2.24, 2.45) is 17.8 Å². The maximum Gasteiger partial charge on any atom is 0.307 e. The molecule has 0 bridgehead atoms. The van der Waals surface area contributed by atoms with Crippen LogP contribution >= 0.6 is 0 Å². The number of rotatable bonds is 3. The molecular formula is C9H12O5. The van der Waals surface area contributed by atoms with Crippen molar-refractivity contribution in [2.45, 2.75) is 19.3 Å². The molecule has 1 rings (SSSR count). The van der Waals surface area contributed by atoms with Crippen LogP contribution in [0.3, 0.4) is 0 Å². The van der Waals surface area contributed by atoms with E-state index in [4.69, 9.17) is 10.2 Å². The number of aliphatic carboxylic acids is 2. The lowest BCUT2D eigenvalue weighted by Gasteiger charge is -2.28. The Labute approximate surface area is 80.7 Å². The topological polar surface area (TPSA) is 91.7 Å². The molecule has 1 aliphatic carbocycles. The largest absolute Gasteiger partial charge is 0.481 e. The zero-order chi connectivity index (χ0) is 10.7. The lowest BCUT2D eigenvalue weighted by atomic mass is 9.75. The summed E-state index contributed by atoms with van der Waals surface area (Å²) in [5.41, 5.74) is 0. The molecule has 5 heteroatoms. The minimum Gasteiger partial charge on any atom is -0.481 e. The van der Waals surface area contributed by atoms with E-state index in [1.807, 2.05) is 0 Å². The normalized spacial score (nSPS) is 32.1. The Morgan fingerprint density at radius 3 is 2.21 bits per heavy atom. The van der Waals surface area contributed by atoms with Gasteiger partial charge in [-0.25, -0.2) is 0 Å². The van der Waals surface area contributed by atoms with Gasteiger partial charge >= 0.3 is 11.9 Å². The van der Waals surface area contributed by atoms with Crippen molar-refractivity contribution in [1.82, 2.24) is 0 Å². The van der Waals surface area contributed by atoms with Gasteiger partial charge in [0.25, 0.3) is 0 Å². The number of hydrogen-bond acceptors (Lipinski definition) is 3. The number of carbonyl (C=O) groups excluding carboxylic acids is 1. The molecule has 0 amide bonds. The summed E-state index contributed by atoms with van der Waals surface area (Å²) in [6.45, 7) is 0. The Balaban J connectivity index is 2.71. The molecule has 14 heavy (non-hydrogen) atoms. The van der Waals surface area contributed by atoms with Gasteiger partial charge in [-0.1, -0.05) is 0 Å². The van der Waals surface area contributed by atoms with Crippen molar-refractivity contribution in [1.29, 1.82) is 0 Å². The third-order valence-corrected chi connectivity index (χ3v) is 2.74. The molecule has 0 radical (unpaired) electrons. The number of hydrogen-bond donors (Lipinski definition) is 2. The number of carboxylic acid groups (broad SMARTS) is 2. The molecule has 0 aromatic heterocycles. The van der Waals surface area contributed by atoms with Crippen LogP contribution in [-0.2, 0) is 14.4 Å². The minimum absolute atomic E-state index is 0.0636. The van der Waals surface area contributed by atoms with Crippen LogP contribution in [0.2, 0.25) is 0 Å². The zero-order valence-electron chi connectivity index (χ0n) is 7.55. The summed E-state index contributed by atoms with van der Waals surface area (Å²) in [6, 6.07) is 0. The summed E-state index contributed by atoms with van der Waals surface area (Å²) in [6.07, 6.45) is 1.44. The second-order valence-electron chi connectivity index (χ2n) is 3.59. The van der Waals surface area contributed by atoms with E-state index in [0.717, 1.165) is 0 Å². The number of aldehydes is 1. The molecule has 3 unspecified atom stereocenters. The first kappa shape index (κ1) is 10.7. The summed E-state index contributed by atoms with van der Waals surface area (Å²) in [4.78, 5) is 31.9. The molecular weight excluding hydrogens is 188 g/mol. The van der Waals surface area contributed by atoms with Crippen LogP contribution in [0.4, 0.5) is 0 Å². The Morgan fingerprint density at radius 2 is 1.79 bits per heavy atom. The SMILES string of the molecule is O=CC1CCC(C(=O)O)CC1C(=O)O. The van der Waals surface area contributed by atoms with Crippen molar-refractivity contribution >= 4 is 18.2 Å². The molecule has 0 aromatic rings. The molecule has 0 saturated heterocycles. The van der Waals surface area contributed by atoms with Crippen molar-refractivity contribution in [3.8, 4) is 0 Å². The fourth-order valence-electron chi connectivity index (χ4n) is 1.87. The van der Waals surface area contributed by atoms with Gasteiger partial charge in [0, 0.05) is 5.92 Å². The molecule has 3 atom stereocenters. The van der Waals surface area contributed by atoms with E-state index in [0.29, 0.717) is 19.1 Å². The van der Waals surface area contributed by atoms with Crippen LogP contribution in [0, 0.1) is 17.8 Å². The fraction of sp³-hybridized carbons (Fsp3) is 0.667. The van der Waals surface area contributed by atoms with Gasteiger partial charge in [-0.05, 0) is 19.3 Å². The first-order valence-electron chi connectivity index (χ1n) is 4.47. The molecule has 2 N–H and O–H groups in total. The maximum absolute atomic E-state index is 10.7. The standard InChI is InChI=1S/C9H12O5/c10-4-6-2-1-5(8(11)12)3-7(6)9(13)14/h4-7H,1-3H2,(H,11,12)(H,13,14). The Hall–Kier alpha value is -1.39. The van der Waals surface area contributed by atoms with Crippen LogP contribution in [0.5, 0.6) is 0 Å². The van der Waals surface area contributed by atoms with E-state index in [1.54, 1.807) is 0 Å². The lowest BCUT2D eigenvalue weighted by molar-refractivity contribution is -0.151. The van der Waals surface area contributed by atoms with Crippen LogP contribution in [0.1, 0.15) is 19.3 Å². The van der Waals surface area contributed by atoms with Gasteiger partial charge in [-0.15, -0.1) is 0 Å². The average molecular weight is 200 g/mol. The van der Waals surface area contributed by atoms with E-state index >= 15 is 0 Å². The Morgan fingerprint density at radius 1 is 1.14 bits per heavy atom. The Bertz CT molecular complexity index is 260. The van der Waals surface area contributed by atoms with Gasteiger partial charge in [-0.2, -0.15) is 0 Å². The molecule has 1 fully saturated rings. The van der Waals surface area contributed by atoms with Gasteiger partial charge in [0.2, 0.25) is 0 Å². The number of carbonyl (C=O) groups is 3. The predicted molar refractivity (Wildman–Crippen MR) is 45.7 cm³/mol. The Kier molecular flexibility index (Phi) is 3.22. The van der Waals surface area contributed by atoms with Crippen LogP contribution in [0.25, 0.3) is 0 Å². The molecule has 1 aliphatic rings. The molecule has 1 saturated carbocycles. The zero-order valence-corrected chi connectivity index (χ0v) is 7.55. The second-order valence-corrected chi connectivity index (χ2v) is 3.59. The molecule has 78 valence electrons. The van der Waals surface area contributed by atoms with Crippen LogP contribution < -0.4 is 0 Å². The van der Waals surface area contributed by atoms with Crippen molar-refractivity contribution in [2.75, 3.05) is 0 Å². The average Bonchev–Trinajstić information content (AvgIpc) is 2.16. The van der Waals surface area contributed by atoms with Crippen molar-refractivity contribution in [3.63, 3.8) is 0 Å². The van der Waals surface area contributed by atoms with Gasteiger partial charge in [-0.3, -0.25) is 9.59 Å². The molecule has 0 aromatic carbocycles. The first-order chi connectivity index (χ1) is 6.56. The predicted octanol–water partition coefficient (Wildman–Crippen LogP) is 0.387. The van der Waals surface area contributed by atoms with Gasteiger partial charge in [0.05, 0.1) is 11.8 Å². The highest BCUT2D eigenvalue weighted by Crippen LogP contribution is 2.33. The third-order valence-electron chi connectivity index (χ3n) is 2.74. The summed E-state index contributed by atoms with van der Waals surface area (Å²) in [7, 11) is 0. The molecule has 0 heterocycles. The van der Waals surface area contributed by atoms with E-state index in [9.17, 15) is 14.4 Å². The highest BCUT2D eigenvalue weighted by Gasteiger charge is 2.37. The quantitative estimate of drug-likeness (QED) is 0.643. The molecule has 0 aliphatic heterocycles. The lowest BCUT2D eigenvalue weighted by Crippen LogP contribution is -2.34. The van der Waals surface area contributed by atoms with E-state index < -0.39 is 29.7 Å². The van der Waals surface area contributed by atoms with E-state index in [1.165, 1.54) is 0 Å². The summed E-state index contributed by atoms with van der Waals surface area (Å²) in [5.74, 6) is -4.02. The minimum atomic E-state index is -1.08. The third kappa shape index (κ3) is 2.10. The molecule has 0 spiro atoms. The summed E-state index contributed by atoms with van der Waals surface area (Å²) < 4.78 is 0. The van der Waals surface area contributed by atoms with Gasteiger partial charge in [0.1, 0.15) is 6.29 Å². The second kappa shape index (κ2) is 4.21. The van der Waals surface area contributed by atoms with Gasteiger partial charge < -0.3 is 15.0 Å². The monoisotopic (exact) mass is 200 g/mol. The highest BCUT2D eigenvalue weighted by molar-refractivity contribution is 5.77. The molecule has 5 nitrogen and oxygen atoms in total. The highest BCUT2D eigenvalue weighted by atomic mass is 16.4. The van der Waals surface area contributed by atoms with Crippen molar-refractivity contribution in [3.05, 3.63) is 0 Å². The number of carboxylic acids is 2.